The lowest BCUT2D eigenvalue weighted by Gasteiger charge is -2.24. The SMILES string of the molecule is CCCCC/C=C\C/C=C\CCCCCCCCCC(=O)OC(CCCCCCCCCCCC)CC(=O)NC(CO)C(O)CCCCCCCCCCCCCC. The molecule has 6 nitrogen and oxygen atoms in total. The van der Waals surface area contributed by atoms with Crippen LogP contribution in [-0.2, 0) is 14.3 Å². The minimum Gasteiger partial charge on any atom is -0.462 e. The Hall–Kier alpha value is -1.66. The highest BCUT2D eigenvalue weighted by Gasteiger charge is 2.24. The van der Waals surface area contributed by atoms with Crippen LogP contribution in [0.25, 0.3) is 0 Å². The summed E-state index contributed by atoms with van der Waals surface area (Å²) in [6.45, 7) is 6.46. The van der Waals surface area contributed by atoms with Gasteiger partial charge < -0.3 is 20.3 Å². The van der Waals surface area contributed by atoms with Crippen molar-refractivity contribution in [1.29, 1.82) is 0 Å². The number of hydrogen-bond acceptors (Lipinski definition) is 5. The number of nitrogens with one attached hydrogen (secondary N) is 1. The van der Waals surface area contributed by atoms with Crippen molar-refractivity contribution < 1.29 is 24.5 Å². The van der Waals surface area contributed by atoms with Crippen LogP contribution in [0.1, 0.15) is 271 Å². The summed E-state index contributed by atoms with van der Waals surface area (Å²) in [5, 5.41) is 23.7. The summed E-state index contributed by atoms with van der Waals surface area (Å²) in [7, 11) is 0. The molecule has 342 valence electrons. The van der Waals surface area contributed by atoms with Crippen LogP contribution >= 0.6 is 0 Å². The minimum atomic E-state index is -0.783. The number of allylic oxidation sites excluding steroid dienone is 4. The van der Waals surface area contributed by atoms with Gasteiger partial charge in [-0.1, -0.05) is 225 Å². The van der Waals surface area contributed by atoms with Crippen molar-refractivity contribution in [2.75, 3.05) is 6.61 Å². The molecule has 0 bridgehead atoms. The Bertz CT molecular complexity index is 919. The predicted octanol–water partition coefficient (Wildman–Crippen LogP) is 15.1. The smallest absolute Gasteiger partial charge is 0.306 e. The first-order chi connectivity index (χ1) is 28.5. The predicted molar refractivity (Wildman–Crippen MR) is 250 cm³/mol. The van der Waals surface area contributed by atoms with Gasteiger partial charge in [0.05, 0.1) is 25.2 Å². The molecule has 3 unspecified atom stereocenters. The van der Waals surface area contributed by atoms with Crippen molar-refractivity contribution in [3.05, 3.63) is 24.3 Å². The zero-order valence-electron chi connectivity index (χ0n) is 38.9. The summed E-state index contributed by atoms with van der Waals surface area (Å²) >= 11 is 0. The number of aliphatic hydroxyl groups is 2. The highest BCUT2D eigenvalue weighted by molar-refractivity contribution is 5.77. The van der Waals surface area contributed by atoms with Crippen LogP contribution in [0.15, 0.2) is 24.3 Å². The number of carbonyl (C=O) groups excluding carboxylic acids is 2. The third kappa shape index (κ3) is 41.1. The molecule has 6 heteroatoms. The molecular formula is C52H99NO5. The van der Waals surface area contributed by atoms with E-state index in [1.54, 1.807) is 0 Å². The van der Waals surface area contributed by atoms with Crippen LogP contribution in [0.5, 0.6) is 0 Å². The molecule has 0 aliphatic heterocycles. The molecule has 0 spiro atoms. The first-order valence-corrected chi connectivity index (χ1v) is 25.6. The van der Waals surface area contributed by atoms with Crippen LogP contribution in [0.2, 0.25) is 0 Å². The van der Waals surface area contributed by atoms with Crippen LogP contribution in [-0.4, -0.2) is 46.9 Å². The van der Waals surface area contributed by atoms with E-state index in [4.69, 9.17) is 4.74 Å². The lowest BCUT2D eigenvalue weighted by Crippen LogP contribution is -2.46. The average molecular weight is 818 g/mol. The number of rotatable bonds is 46. The van der Waals surface area contributed by atoms with Gasteiger partial charge in [-0.3, -0.25) is 9.59 Å². The second kappa shape index (κ2) is 46.4. The molecule has 3 atom stereocenters. The molecule has 0 aromatic heterocycles. The summed E-state index contributed by atoms with van der Waals surface area (Å²) in [6.07, 6.45) is 52.3. The largest absolute Gasteiger partial charge is 0.462 e. The van der Waals surface area contributed by atoms with Crippen LogP contribution < -0.4 is 5.32 Å². The maximum atomic E-state index is 13.2. The Morgan fingerprint density at radius 2 is 0.879 bits per heavy atom. The molecule has 0 aliphatic carbocycles. The fraction of sp³-hybridized carbons (Fsp3) is 0.885. The monoisotopic (exact) mass is 818 g/mol. The molecule has 0 radical (unpaired) electrons. The van der Waals surface area contributed by atoms with E-state index in [1.165, 1.54) is 167 Å². The Labute approximate surface area is 361 Å². The van der Waals surface area contributed by atoms with Crippen molar-refractivity contribution >= 4 is 11.9 Å². The maximum absolute atomic E-state index is 13.2. The molecule has 0 saturated carbocycles. The highest BCUT2D eigenvalue weighted by Crippen LogP contribution is 2.18. The second-order valence-corrected chi connectivity index (χ2v) is 17.6. The summed E-state index contributed by atoms with van der Waals surface area (Å²) in [5.74, 6) is -0.471. The Balaban J connectivity index is 4.48. The lowest BCUT2D eigenvalue weighted by atomic mass is 10.0. The first kappa shape index (κ1) is 56.3. The second-order valence-electron chi connectivity index (χ2n) is 17.6. The van der Waals surface area contributed by atoms with Gasteiger partial charge in [-0.2, -0.15) is 0 Å². The molecule has 0 saturated heterocycles. The molecule has 58 heavy (non-hydrogen) atoms. The van der Waals surface area contributed by atoms with Gasteiger partial charge >= 0.3 is 5.97 Å². The Morgan fingerprint density at radius 1 is 0.500 bits per heavy atom. The fourth-order valence-corrected chi connectivity index (χ4v) is 7.87. The first-order valence-electron chi connectivity index (χ1n) is 25.6. The molecule has 0 aromatic carbocycles. The molecule has 0 aliphatic rings. The van der Waals surface area contributed by atoms with Gasteiger partial charge in [0.25, 0.3) is 0 Å². The number of carbonyl (C=O) groups is 2. The summed E-state index contributed by atoms with van der Waals surface area (Å²) < 4.78 is 5.92. The third-order valence-corrected chi connectivity index (χ3v) is 11.8. The minimum absolute atomic E-state index is 0.0793. The fourth-order valence-electron chi connectivity index (χ4n) is 7.87. The normalized spacial score (nSPS) is 13.4. The highest BCUT2D eigenvalue weighted by atomic mass is 16.5. The van der Waals surface area contributed by atoms with Crippen molar-refractivity contribution in [2.45, 2.75) is 289 Å². The van der Waals surface area contributed by atoms with E-state index in [-0.39, 0.29) is 24.9 Å². The van der Waals surface area contributed by atoms with Crippen molar-refractivity contribution in [1.82, 2.24) is 5.32 Å². The molecule has 0 fully saturated rings. The van der Waals surface area contributed by atoms with E-state index < -0.39 is 18.2 Å². The average Bonchev–Trinajstić information content (AvgIpc) is 3.22. The maximum Gasteiger partial charge on any atom is 0.306 e. The topological polar surface area (TPSA) is 95.9 Å². The van der Waals surface area contributed by atoms with Gasteiger partial charge in [0, 0.05) is 6.42 Å². The molecule has 3 N–H and O–H groups in total. The van der Waals surface area contributed by atoms with Gasteiger partial charge in [-0.05, 0) is 57.8 Å². The van der Waals surface area contributed by atoms with Gasteiger partial charge in [0.1, 0.15) is 6.10 Å². The number of aliphatic hydroxyl groups excluding tert-OH is 2. The van der Waals surface area contributed by atoms with Crippen molar-refractivity contribution in [3.8, 4) is 0 Å². The third-order valence-electron chi connectivity index (χ3n) is 11.8. The van der Waals surface area contributed by atoms with E-state index >= 15 is 0 Å². The van der Waals surface area contributed by atoms with Gasteiger partial charge in [0.15, 0.2) is 0 Å². The van der Waals surface area contributed by atoms with E-state index in [1.807, 2.05) is 0 Å². The molecule has 1 amide bonds. The number of ether oxygens (including phenoxy) is 1. The summed E-state index contributed by atoms with van der Waals surface area (Å²) in [4.78, 5) is 26.1. The van der Waals surface area contributed by atoms with Crippen LogP contribution in [0.4, 0.5) is 0 Å². The van der Waals surface area contributed by atoms with E-state index in [2.05, 4.69) is 50.4 Å². The van der Waals surface area contributed by atoms with Crippen LogP contribution in [0, 0.1) is 0 Å². The van der Waals surface area contributed by atoms with Crippen molar-refractivity contribution in [2.24, 2.45) is 0 Å². The molecular weight excluding hydrogens is 719 g/mol. The molecule has 0 heterocycles. The zero-order valence-corrected chi connectivity index (χ0v) is 38.9. The number of amides is 1. The number of esters is 1. The molecule has 0 rings (SSSR count). The summed E-state index contributed by atoms with van der Waals surface area (Å²) in [5.41, 5.74) is 0. The molecule has 0 aromatic rings. The quantitative estimate of drug-likeness (QED) is 0.0323. The van der Waals surface area contributed by atoms with E-state index in [0.29, 0.717) is 19.3 Å². The standard InChI is InChI=1S/C52H99NO5/c1-4-7-10-13-16-19-22-24-25-26-27-28-30-33-36-39-42-45-52(57)58-48(43-40-37-34-31-21-18-15-12-9-6-3)46-51(56)53-49(47-54)50(55)44-41-38-35-32-29-23-20-17-14-11-8-5-2/h16,19,24-25,48-50,54-55H,4-15,17-18,20-23,26-47H2,1-3H3,(H,53,56)/b19-16-,25-24-. The van der Waals surface area contributed by atoms with Gasteiger partial charge in [-0.15, -0.1) is 0 Å². The Kier molecular flexibility index (Phi) is 45.1. The number of unbranched alkanes of at least 4 members (excludes halogenated alkanes) is 30. The lowest BCUT2D eigenvalue weighted by molar-refractivity contribution is -0.151. The summed E-state index contributed by atoms with van der Waals surface area (Å²) in [6, 6.07) is -0.697. The number of hydrogen-bond donors (Lipinski definition) is 3. The van der Waals surface area contributed by atoms with Gasteiger partial charge in [-0.25, -0.2) is 0 Å². The van der Waals surface area contributed by atoms with Crippen molar-refractivity contribution in [3.63, 3.8) is 0 Å². The van der Waals surface area contributed by atoms with E-state index in [0.717, 1.165) is 57.8 Å². The Morgan fingerprint density at radius 3 is 1.34 bits per heavy atom. The van der Waals surface area contributed by atoms with Gasteiger partial charge in [0.2, 0.25) is 5.91 Å². The van der Waals surface area contributed by atoms with E-state index in [9.17, 15) is 19.8 Å². The van der Waals surface area contributed by atoms with Crippen LogP contribution in [0.3, 0.4) is 0 Å². The zero-order chi connectivity index (χ0) is 42.4.